The van der Waals surface area contributed by atoms with Gasteiger partial charge in [-0.3, -0.25) is 9.78 Å². The van der Waals surface area contributed by atoms with Crippen molar-refractivity contribution in [1.29, 1.82) is 0 Å². The van der Waals surface area contributed by atoms with E-state index in [1.54, 1.807) is 0 Å². The molecule has 1 aromatic rings. The van der Waals surface area contributed by atoms with Crippen LogP contribution in [0.2, 0.25) is 0 Å². The Morgan fingerprint density at radius 3 is 2.79 bits per heavy atom. The summed E-state index contributed by atoms with van der Waals surface area (Å²) in [5, 5.41) is 0.665. The van der Waals surface area contributed by atoms with E-state index >= 15 is 0 Å². The van der Waals surface area contributed by atoms with E-state index in [4.69, 9.17) is 4.74 Å². The van der Waals surface area contributed by atoms with E-state index in [0.29, 0.717) is 16.8 Å². The highest BCUT2D eigenvalue weighted by Gasteiger charge is 2.30. The van der Waals surface area contributed by atoms with Crippen LogP contribution >= 0.6 is 11.8 Å². The minimum absolute atomic E-state index is 0.172. The van der Waals surface area contributed by atoms with Crippen LogP contribution in [0.4, 0.5) is 0 Å². The first-order chi connectivity index (χ1) is 6.76. The lowest BCUT2D eigenvalue weighted by Crippen LogP contribution is -2.14. The van der Waals surface area contributed by atoms with Crippen LogP contribution in [-0.2, 0) is 0 Å². The molecule has 0 bridgehead atoms. The van der Waals surface area contributed by atoms with Crippen molar-refractivity contribution in [3.8, 4) is 5.75 Å². The number of methoxy groups -OCH3 is 1. The molecule has 1 heterocycles. The minimum Gasteiger partial charge on any atom is -0.490 e. The van der Waals surface area contributed by atoms with Gasteiger partial charge in [0.05, 0.1) is 12.8 Å². The molecule has 5 heteroatoms. The molecule has 0 atom stereocenters. The summed E-state index contributed by atoms with van der Waals surface area (Å²) in [7, 11) is 1.51. The van der Waals surface area contributed by atoms with Crippen molar-refractivity contribution in [2.24, 2.45) is 0 Å². The van der Waals surface area contributed by atoms with Gasteiger partial charge in [0.2, 0.25) is 5.75 Å². The molecule has 0 aromatic carbocycles. The molecule has 4 nitrogen and oxygen atoms in total. The Bertz CT molecular complexity index is 398. The van der Waals surface area contributed by atoms with Gasteiger partial charge in [-0.1, -0.05) is 11.8 Å². The maximum Gasteiger partial charge on any atom is 0.294 e. The highest BCUT2D eigenvalue weighted by Crippen LogP contribution is 2.42. The maximum atomic E-state index is 11.5. The first-order valence-corrected chi connectivity index (χ1v) is 5.71. The Hall–Kier alpha value is -0.970. The fourth-order valence-corrected chi connectivity index (χ4v) is 1.77. The topological polar surface area (TPSA) is 55.0 Å². The van der Waals surface area contributed by atoms with Crippen molar-refractivity contribution < 1.29 is 4.74 Å². The number of ether oxygens (including phenoxy) is 1. The summed E-state index contributed by atoms with van der Waals surface area (Å²) >= 11 is 1.44. The second kappa shape index (κ2) is 3.65. The Morgan fingerprint density at radius 1 is 1.57 bits per heavy atom. The molecule has 1 aliphatic rings. The number of thioether (sulfide) groups is 1. The molecular formula is C9H12N2O2S. The second-order valence-electron chi connectivity index (χ2n) is 3.27. The third-order valence-corrected chi connectivity index (χ3v) is 2.82. The largest absolute Gasteiger partial charge is 0.490 e. The SMILES string of the molecule is COc1c(C2CC2)nc(SC)[nH]c1=O. The Labute approximate surface area is 86.1 Å². The van der Waals surface area contributed by atoms with Gasteiger partial charge in [0, 0.05) is 5.92 Å². The zero-order chi connectivity index (χ0) is 10.1. The molecule has 1 aliphatic carbocycles. The van der Waals surface area contributed by atoms with E-state index in [-0.39, 0.29) is 5.56 Å². The highest BCUT2D eigenvalue weighted by molar-refractivity contribution is 7.98. The van der Waals surface area contributed by atoms with E-state index in [9.17, 15) is 4.79 Å². The molecule has 76 valence electrons. The lowest BCUT2D eigenvalue weighted by atomic mass is 10.2. The normalized spacial score (nSPS) is 15.6. The van der Waals surface area contributed by atoms with E-state index in [0.717, 1.165) is 18.5 Å². The zero-order valence-corrected chi connectivity index (χ0v) is 8.98. The highest BCUT2D eigenvalue weighted by atomic mass is 32.2. The predicted molar refractivity (Wildman–Crippen MR) is 55.2 cm³/mol. The van der Waals surface area contributed by atoms with Gasteiger partial charge in [-0.15, -0.1) is 0 Å². The number of aromatic nitrogens is 2. The zero-order valence-electron chi connectivity index (χ0n) is 8.16. The van der Waals surface area contributed by atoms with E-state index in [1.165, 1.54) is 18.9 Å². The van der Waals surface area contributed by atoms with Crippen LogP contribution in [0, 0.1) is 0 Å². The number of nitrogens with one attached hydrogen (secondary N) is 1. The van der Waals surface area contributed by atoms with Gasteiger partial charge in [-0.05, 0) is 19.1 Å². The second-order valence-corrected chi connectivity index (χ2v) is 4.06. The van der Waals surface area contributed by atoms with Crippen LogP contribution in [-0.4, -0.2) is 23.3 Å². The minimum atomic E-state index is -0.172. The fourth-order valence-electron chi connectivity index (χ4n) is 1.39. The molecule has 1 aromatic heterocycles. The van der Waals surface area contributed by atoms with Gasteiger partial charge in [0.25, 0.3) is 5.56 Å². The third kappa shape index (κ3) is 1.64. The molecule has 0 unspecified atom stereocenters. The monoisotopic (exact) mass is 212 g/mol. The molecular weight excluding hydrogens is 200 g/mol. The summed E-state index contributed by atoms with van der Waals surface area (Å²) in [5.41, 5.74) is 0.648. The average Bonchev–Trinajstić information content (AvgIpc) is 2.99. The van der Waals surface area contributed by atoms with Gasteiger partial charge in [-0.25, -0.2) is 4.98 Å². The number of aromatic amines is 1. The van der Waals surface area contributed by atoms with Crippen molar-refractivity contribution in [2.45, 2.75) is 23.9 Å². The molecule has 0 spiro atoms. The quantitative estimate of drug-likeness (QED) is 0.607. The van der Waals surface area contributed by atoms with Gasteiger partial charge in [0.15, 0.2) is 5.16 Å². The van der Waals surface area contributed by atoms with Crippen molar-refractivity contribution >= 4 is 11.8 Å². The lowest BCUT2D eigenvalue weighted by Gasteiger charge is -2.06. The van der Waals surface area contributed by atoms with Crippen LogP contribution in [0.3, 0.4) is 0 Å². The van der Waals surface area contributed by atoms with E-state index < -0.39 is 0 Å². The predicted octanol–water partition coefficient (Wildman–Crippen LogP) is 1.38. The number of hydrogen-bond donors (Lipinski definition) is 1. The Balaban J connectivity index is 2.52. The number of hydrogen-bond acceptors (Lipinski definition) is 4. The number of rotatable bonds is 3. The number of H-pyrrole nitrogens is 1. The van der Waals surface area contributed by atoms with Crippen molar-refractivity contribution in [1.82, 2.24) is 9.97 Å². The molecule has 1 saturated carbocycles. The van der Waals surface area contributed by atoms with Crippen molar-refractivity contribution in [3.05, 3.63) is 16.0 Å². The summed E-state index contributed by atoms with van der Waals surface area (Å²) in [4.78, 5) is 18.6. The molecule has 0 aliphatic heterocycles. The molecule has 14 heavy (non-hydrogen) atoms. The van der Waals surface area contributed by atoms with Gasteiger partial charge < -0.3 is 4.74 Å². The Morgan fingerprint density at radius 2 is 2.29 bits per heavy atom. The Kier molecular flexibility index (Phi) is 2.50. The van der Waals surface area contributed by atoms with Crippen LogP contribution < -0.4 is 10.3 Å². The molecule has 1 fully saturated rings. The first kappa shape index (κ1) is 9.58. The average molecular weight is 212 g/mol. The van der Waals surface area contributed by atoms with Gasteiger partial charge >= 0.3 is 0 Å². The van der Waals surface area contributed by atoms with E-state index in [2.05, 4.69) is 9.97 Å². The first-order valence-electron chi connectivity index (χ1n) is 4.48. The van der Waals surface area contributed by atoms with Crippen LogP contribution in [0.1, 0.15) is 24.5 Å². The summed E-state index contributed by atoms with van der Waals surface area (Å²) in [5.74, 6) is 0.809. The summed E-state index contributed by atoms with van der Waals surface area (Å²) in [6, 6.07) is 0. The fraction of sp³-hybridized carbons (Fsp3) is 0.556. The summed E-state index contributed by atoms with van der Waals surface area (Å²) in [6.45, 7) is 0. The molecule has 0 radical (unpaired) electrons. The molecule has 2 rings (SSSR count). The summed E-state index contributed by atoms with van der Waals surface area (Å²) < 4.78 is 5.06. The summed E-state index contributed by atoms with van der Waals surface area (Å²) in [6.07, 6.45) is 4.11. The van der Waals surface area contributed by atoms with Crippen molar-refractivity contribution in [3.63, 3.8) is 0 Å². The van der Waals surface area contributed by atoms with Crippen LogP contribution in [0.25, 0.3) is 0 Å². The smallest absolute Gasteiger partial charge is 0.294 e. The third-order valence-electron chi connectivity index (χ3n) is 2.24. The van der Waals surface area contributed by atoms with Crippen LogP contribution in [0.15, 0.2) is 9.95 Å². The molecule has 1 N–H and O–H groups in total. The van der Waals surface area contributed by atoms with Gasteiger partial charge in [-0.2, -0.15) is 0 Å². The van der Waals surface area contributed by atoms with E-state index in [1.807, 2.05) is 6.26 Å². The standard InChI is InChI=1S/C9H12N2O2S/c1-13-7-6(5-3-4-5)10-9(14-2)11-8(7)12/h5H,3-4H2,1-2H3,(H,10,11,12). The van der Waals surface area contributed by atoms with Crippen LogP contribution in [0.5, 0.6) is 5.75 Å². The van der Waals surface area contributed by atoms with Crippen molar-refractivity contribution in [2.75, 3.05) is 13.4 Å². The number of nitrogens with zero attached hydrogens (tertiary/aromatic N) is 1. The molecule has 0 amide bonds. The lowest BCUT2D eigenvalue weighted by molar-refractivity contribution is 0.397. The molecule has 0 saturated heterocycles. The maximum absolute atomic E-state index is 11.5. The van der Waals surface area contributed by atoms with Gasteiger partial charge in [0.1, 0.15) is 0 Å².